The van der Waals surface area contributed by atoms with E-state index in [2.05, 4.69) is 4.98 Å². The maximum absolute atomic E-state index is 13.5. The normalized spacial score (nSPS) is 11.2. The number of carbonyl (C=O) groups excluding carboxylic acids is 1. The molecule has 0 amide bonds. The lowest BCUT2D eigenvalue weighted by Gasteiger charge is -2.25. The van der Waals surface area contributed by atoms with E-state index in [1.54, 1.807) is 13.8 Å². The minimum absolute atomic E-state index is 0.170. The molecule has 8 heteroatoms. The van der Waals surface area contributed by atoms with Crippen LogP contribution in [0.25, 0.3) is 0 Å². The zero-order valence-electron chi connectivity index (χ0n) is 13.0. The smallest absolute Gasteiger partial charge is 0.345 e. The molecule has 0 saturated carbocycles. The summed E-state index contributed by atoms with van der Waals surface area (Å²) in [5.41, 5.74) is 5.28. The van der Waals surface area contributed by atoms with Crippen LogP contribution < -0.4 is 10.5 Å². The van der Waals surface area contributed by atoms with Crippen molar-refractivity contribution in [3.63, 3.8) is 0 Å². The Morgan fingerprint density at radius 1 is 1.25 bits per heavy atom. The molecule has 0 unspecified atom stereocenters. The monoisotopic (exact) mass is 372 g/mol. The topological polar surface area (TPSA) is 74.4 Å². The standard InChI is InChI=1S/C16H15Cl2FN2O3/c1-16(2,9-6-4-3-5-7-9)24-10(22)8-23-15-12(18)13(20)11(17)14(19)21-15/h3-7H,8H2,1-2H3,(H2,20,21). The number of rotatable bonds is 5. The molecule has 0 aliphatic carbocycles. The molecule has 0 saturated heterocycles. The Balaban J connectivity index is 2.04. The quantitative estimate of drug-likeness (QED) is 0.634. The van der Waals surface area contributed by atoms with Crippen LogP contribution in [0.4, 0.5) is 10.1 Å². The second-order valence-corrected chi connectivity index (χ2v) is 6.14. The van der Waals surface area contributed by atoms with E-state index in [0.29, 0.717) is 0 Å². The zero-order chi connectivity index (χ0) is 17.9. The van der Waals surface area contributed by atoms with Gasteiger partial charge in [0.25, 0.3) is 0 Å². The summed E-state index contributed by atoms with van der Waals surface area (Å²) >= 11 is 11.4. The maximum atomic E-state index is 13.5. The number of esters is 1. The summed E-state index contributed by atoms with van der Waals surface area (Å²) in [7, 11) is 0. The van der Waals surface area contributed by atoms with Gasteiger partial charge in [-0.25, -0.2) is 4.79 Å². The predicted octanol–water partition coefficient (Wildman–Crippen LogP) is 3.97. The molecule has 2 aromatic rings. The molecule has 1 heterocycles. The molecule has 0 atom stereocenters. The highest BCUT2D eigenvalue weighted by Gasteiger charge is 2.26. The van der Waals surface area contributed by atoms with E-state index in [1.807, 2.05) is 30.3 Å². The van der Waals surface area contributed by atoms with Crippen LogP contribution in [-0.4, -0.2) is 17.6 Å². The minimum atomic E-state index is -1.04. The molecule has 24 heavy (non-hydrogen) atoms. The fraction of sp³-hybridized carbons (Fsp3) is 0.250. The number of ether oxygens (including phenoxy) is 2. The van der Waals surface area contributed by atoms with E-state index in [-0.39, 0.29) is 16.6 Å². The van der Waals surface area contributed by atoms with Gasteiger partial charge in [0.1, 0.15) is 15.6 Å². The Labute approximate surface area is 148 Å². The van der Waals surface area contributed by atoms with Gasteiger partial charge in [-0.1, -0.05) is 53.5 Å². The first-order valence-electron chi connectivity index (χ1n) is 6.92. The number of hydrogen-bond donors (Lipinski definition) is 1. The van der Waals surface area contributed by atoms with Crippen LogP contribution in [0.2, 0.25) is 10.0 Å². The molecule has 0 spiro atoms. The molecule has 1 aromatic carbocycles. The number of anilines is 1. The largest absolute Gasteiger partial charge is 0.464 e. The van der Waals surface area contributed by atoms with Crippen LogP contribution in [0, 0.1) is 5.95 Å². The van der Waals surface area contributed by atoms with Crippen molar-refractivity contribution < 1.29 is 18.7 Å². The van der Waals surface area contributed by atoms with Crippen molar-refractivity contribution in [2.24, 2.45) is 0 Å². The van der Waals surface area contributed by atoms with Gasteiger partial charge in [0, 0.05) is 0 Å². The maximum Gasteiger partial charge on any atom is 0.345 e. The number of nitrogens with two attached hydrogens (primary N) is 1. The van der Waals surface area contributed by atoms with Gasteiger partial charge in [-0.3, -0.25) is 0 Å². The number of aromatic nitrogens is 1. The van der Waals surface area contributed by atoms with Crippen molar-refractivity contribution in [3.05, 3.63) is 51.9 Å². The fourth-order valence-corrected chi connectivity index (χ4v) is 2.32. The first kappa shape index (κ1) is 18.3. The van der Waals surface area contributed by atoms with Gasteiger partial charge >= 0.3 is 5.97 Å². The average molecular weight is 373 g/mol. The number of hydrogen-bond acceptors (Lipinski definition) is 5. The summed E-state index contributed by atoms with van der Waals surface area (Å²) < 4.78 is 23.9. The van der Waals surface area contributed by atoms with E-state index in [9.17, 15) is 9.18 Å². The number of nitrogen functional groups attached to an aromatic ring is 1. The van der Waals surface area contributed by atoms with Gasteiger partial charge < -0.3 is 15.2 Å². The molecule has 128 valence electrons. The third kappa shape index (κ3) is 4.07. The van der Waals surface area contributed by atoms with Crippen LogP contribution in [-0.2, 0) is 15.1 Å². The van der Waals surface area contributed by atoms with Crippen LogP contribution >= 0.6 is 23.2 Å². The molecule has 5 nitrogen and oxygen atoms in total. The lowest BCUT2D eigenvalue weighted by Crippen LogP contribution is -2.28. The summed E-state index contributed by atoms with van der Waals surface area (Å²) in [6.07, 6.45) is 0. The van der Waals surface area contributed by atoms with Gasteiger partial charge in [0.2, 0.25) is 11.8 Å². The molecule has 0 fully saturated rings. The Hall–Kier alpha value is -2.05. The Morgan fingerprint density at radius 2 is 1.88 bits per heavy atom. The number of benzene rings is 1. The van der Waals surface area contributed by atoms with Crippen molar-refractivity contribution in [3.8, 4) is 5.88 Å². The van der Waals surface area contributed by atoms with Crippen LogP contribution in [0.15, 0.2) is 30.3 Å². The van der Waals surface area contributed by atoms with E-state index >= 15 is 0 Å². The van der Waals surface area contributed by atoms with Gasteiger partial charge in [-0.15, -0.1) is 0 Å². The molecule has 0 aliphatic rings. The average Bonchev–Trinajstić information content (AvgIpc) is 2.55. The number of carbonyl (C=O) groups is 1. The predicted molar refractivity (Wildman–Crippen MR) is 89.7 cm³/mol. The summed E-state index contributed by atoms with van der Waals surface area (Å²) in [5.74, 6) is -2.03. The van der Waals surface area contributed by atoms with Crippen LogP contribution in [0.3, 0.4) is 0 Å². The highest BCUT2D eigenvalue weighted by molar-refractivity contribution is 6.39. The molecule has 2 N–H and O–H groups in total. The first-order valence-corrected chi connectivity index (χ1v) is 7.68. The Bertz CT molecular complexity index is 755. The minimum Gasteiger partial charge on any atom is -0.464 e. The van der Waals surface area contributed by atoms with Crippen LogP contribution in [0.1, 0.15) is 19.4 Å². The second-order valence-electron chi connectivity index (χ2n) is 5.39. The molecular weight excluding hydrogens is 358 g/mol. The number of pyridine rings is 1. The van der Waals surface area contributed by atoms with Crippen molar-refractivity contribution in [1.29, 1.82) is 0 Å². The fourth-order valence-electron chi connectivity index (χ4n) is 1.95. The van der Waals surface area contributed by atoms with E-state index in [0.717, 1.165) is 5.56 Å². The second kappa shape index (κ2) is 7.23. The van der Waals surface area contributed by atoms with E-state index < -0.39 is 29.1 Å². The third-order valence-corrected chi connectivity index (χ3v) is 3.93. The summed E-state index contributed by atoms with van der Waals surface area (Å²) in [6.45, 7) is 2.97. The third-order valence-electron chi connectivity index (χ3n) is 3.21. The molecule has 0 aliphatic heterocycles. The van der Waals surface area contributed by atoms with E-state index in [1.165, 1.54) is 0 Å². The highest BCUT2D eigenvalue weighted by Crippen LogP contribution is 2.35. The Kier molecular flexibility index (Phi) is 5.51. The number of nitrogens with zero attached hydrogens (tertiary/aromatic N) is 1. The van der Waals surface area contributed by atoms with Gasteiger partial charge in [-0.2, -0.15) is 9.37 Å². The summed E-state index contributed by atoms with van der Waals surface area (Å²) in [6, 6.07) is 9.20. The van der Waals surface area contributed by atoms with Crippen molar-refractivity contribution in [2.45, 2.75) is 19.4 Å². The number of halogens is 3. The molecule has 0 radical (unpaired) electrons. The summed E-state index contributed by atoms with van der Waals surface area (Å²) in [5, 5.41) is -0.573. The van der Waals surface area contributed by atoms with Gasteiger partial charge in [0.05, 0.1) is 5.69 Å². The van der Waals surface area contributed by atoms with Crippen LogP contribution in [0.5, 0.6) is 5.88 Å². The zero-order valence-corrected chi connectivity index (χ0v) is 14.5. The molecule has 0 bridgehead atoms. The van der Waals surface area contributed by atoms with Gasteiger partial charge in [-0.05, 0) is 19.4 Å². The lowest BCUT2D eigenvalue weighted by atomic mass is 9.98. The summed E-state index contributed by atoms with van der Waals surface area (Å²) in [4.78, 5) is 15.4. The molecule has 2 rings (SSSR count). The molecular formula is C16H15Cl2FN2O3. The lowest BCUT2D eigenvalue weighted by molar-refractivity contribution is -0.160. The SMILES string of the molecule is CC(C)(OC(=O)COc1nc(F)c(Cl)c(N)c1Cl)c1ccccc1. The molecule has 1 aromatic heterocycles. The highest BCUT2D eigenvalue weighted by atomic mass is 35.5. The van der Waals surface area contributed by atoms with Gasteiger partial charge in [0.15, 0.2) is 6.61 Å². The van der Waals surface area contributed by atoms with Crippen molar-refractivity contribution in [1.82, 2.24) is 4.98 Å². The Morgan fingerprint density at radius 3 is 2.50 bits per heavy atom. The first-order chi connectivity index (χ1) is 11.2. The van der Waals surface area contributed by atoms with Crippen molar-refractivity contribution in [2.75, 3.05) is 12.3 Å². The van der Waals surface area contributed by atoms with Crippen molar-refractivity contribution >= 4 is 34.9 Å². The van der Waals surface area contributed by atoms with E-state index in [4.69, 9.17) is 38.4 Å².